The zero-order chi connectivity index (χ0) is 69.9. The molecule has 1 heterocycles. The minimum atomic E-state index is -2.02. The van der Waals surface area contributed by atoms with Crippen molar-refractivity contribution in [1.29, 1.82) is 0 Å². The number of rotatable bonds is 40. The molecule has 0 aromatic heterocycles. The summed E-state index contributed by atoms with van der Waals surface area (Å²) in [5.74, 6) is -20.8. The van der Waals surface area contributed by atoms with E-state index in [1.807, 2.05) is 0 Å². The molecule has 35 heteroatoms. The maximum absolute atomic E-state index is 14.4. The Morgan fingerprint density at radius 2 is 1.03 bits per heavy atom. The Labute approximate surface area is 528 Å². The first-order valence-electron chi connectivity index (χ1n) is 29.5. The Hall–Kier alpha value is -9.83. The van der Waals surface area contributed by atoms with E-state index in [4.69, 9.17) is 16.6 Å². The lowest BCUT2D eigenvalue weighted by Gasteiger charge is -2.33. The van der Waals surface area contributed by atoms with Gasteiger partial charge in [-0.1, -0.05) is 53.2 Å². The number of aliphatic hydroxyl groups is 1. The summed E-state index contributed by atoms with van der Waals surface area (Å²) in [6.45, 7) is 8.98. The van der Waals surface area contributed by atoms with E-state index in [-0.39, 0.29) is 50.8 Å². The van der Waals surface area contributed by atoms with Crippen LogP contribution >= 0.6 is 0 Å². The van der Waals surface area contributed by atoms with E-state index in [0.717, 1.165) is 18.7 Å². The average molecular weight is 1300 g/mol. The van der Waals surface area contributed by atoms with E-state index >= 15 is 0 Å². The monoisotopic (exact) mass is 1300 g/mol. The Kier molecular flexibility index (Phi) is 32.3. The van der Waals surface area contributed by atoms with Crippen molar-refractivity contribution in [3.63, 3.8) is 0 Å². The molecule has 0 saturated carbocycles. The van der Waals surface area contributed by atoms with Crippen molar-refractivity contribution in [3.05, 3.63) is 29.8 Å². The summed E-state index contributed by atoms with van der Waals surface area (Å²) in [5, 5.41) is 71.1. The number of ketones is 1. The van der Waals surface area contributed by atoms with Gasteiger partial charge in [0.25, 0.3) is 5.91 Å². The number of phenols is 1. The molecule has 510 valence electrons. The fraction of sp³-hybridized carbons (Fsp3) is 0.596. The molecule has 0 spiro atoms. The van der Waals surface area contributed by atoms with Crippen molar-refractivity contribution in [2.75, 3.05) is 13.1 Å². The molecular formula is C57H85N13O22. The Bertz CT molecular complexity index is 2890. The molecule has 1 fully saturated rings. The van der Waals surface area contributed by atoms with Crippen molar-refractivity contribution >= 4 is 100 Å². The molecule has 11 unspecified atom stereocenters. The van der Waals surface area contributed by atoms with E-state index in [1.165, 1.54) is 38.1 Å². The van der Waals surface area contributed by atoms with E-state index in [2.05, 4.69) is 53.2 Å². The van der Waals surface area contributed by atoms with Gasteiger partial charge in [-0.05, 0) is 75.0 Å². The number of phenolic OH excluding ortho intramolecular Hbond substituents is 1. The number of nitrogens with two attached hydrogens (primary N) is 2. The molecule has 0 bridgehead atoms. The molecule has 0 aliphatic carbocycles. The number of hydrogen-bond donors (Lipinski definition) is 17. The summed E-state index contributed by atoms with van der Waals surface area (Å²) < 4.78 is 0. The highest BCUT2D eigenvalue weighted by molar-refractivity contribution is 6.38. The number of primary amides is 2. The second kappa shape index (κ2) is 38.0. The third kappa shape index (κ3) is 26.7. The normalized spacial score (nSPS) is 15.9. The van der Waals surface area contributed by atoms with Gasteiger partial charge in [0.05, 0.1) is 25.1 Å². The molecule has 35 nitrogen and oxygen atoms in total. The van der Waals surface area contributed by atoms with Gasteiger partial charge in [-0.25, -0.2) is 0 Å². The second-order valence-electron chi connectivity index (χ2n) is 22.6. The van der Waals surface area contributed by atoms with Crippen LogP contribution in [0.2, 0.25) is 0 Å². The first-order valence-corrected chi connectivity index (χ1v) is 29.5. The number of hydrogen-bond acceptors (Lipinski definition) is 19. The average Bonchev–Trinajstić information content (AvgIpc) is 1.57. The summed E-state index contributed by atoms with van der Waals surface area (Å²) in [5.41, 5.74) is 10.9. The van der Waals surface area contributed by atoms with Gasteiger partial charge in [-0.3, -0.25) is 81.5 Å². The van der Waals surface area contributed by atoms with E-state index in [9.17, 15) is 102 Å². The molecule has 1 aliphatic heterocycles. The predicted octanol–water partition coefficient (Wildman–Crippen LogP) is -5.56. The van der Waals surface area contributed by atoms with Crippen molar-refractivity contribution in [2.45, 2.75) is 192 Å². The Morgan fingerprint density at radius 3 is 1.53 bits per heavy atom. The van der Waals surface area contributed by atoms with Crippen LogP contribution < -0.4 is 64.6 Å². The fourth-order valence-corrected chi connectivity index (χ4v) is 9.34. The van der Waals surface area contributed by atoms with Crippen LogP contribution in [0.5, 0.6) is 5.75 Å². The summed E-state index contributed by atoms with van der Waals surface area (Å²) >= 11 is 0. The van der Waals surface area contributed by atoms with Gasteiger partial charge in [0.2, 0.25) is 76.7 Å². The number of aliphatic carboxylic acids is 3. The largest absolute Gasteiger partial charge is 0.508 e. The van der Waals surface area contributed by atoms with E-state index < -0.39 is 224 Å². The number of benzene rings is 1. The highest BCUT2D eigenvalue weighted by Gasteiger charge is 2.42. The topological polar surface area (TPSA) is 567 Å². The quantitative estimate of drug-likeness (QED) is 0.0273. The molecular weight excluding hydrogens is 1220 g/mol. The number of aromatic hydroxyl groups is 1. The molecule has 2 rings (SSSR count). The van der Waals surface area contributed by atoms with Gasteiger partial charge in [-0.15, -0.1) is 0 Å². The third-order valence-corrected chi connectivity index (χ3v) is 14.2. The van der Waals surface area contributed by atoms with Gasteiger partial charge < -0.3 is 95.1 Å². The molecule has 92 heavy (non-hydrogen) atoms. The van der Waals surface area contributed by atoms with Crippen molar-refractivity contribution in [3.8, 4) is 5.75 Å². The Balaban J connectivity index is 2.27. The maximum atomic E-state index is 14.4. The first-order chi connectivity index (χ1) is 43.0. The number of likely N-dealkylation sites (tertiary alicyclic amines) is 1. The Morgan fingerprint density at radius 1 is 0.554 bits per heavy atom. The summed E-state index contributed by atoms with van der Waals surface area (Å²) in [6, 6.07) is -10.5. The highest BCUT2D eigenvalue weighted by atomic mass is 16.4. The van der Waals surface area contributed by atoms with Gasteiger partial charge in [0, 0.05) is 39.2 Å². The number of nitrogens with one attached hydrogen (secondary N) is 10. The van der Waals surface area contributed by atoms with Crippen LogP contribution in [0.3, 0.4) is 0 Å². The lowest BCUT2D eigenvalue weighted by Crippen LogP contribution is -2.61. The minimum absolute atomic E-state index is 0.0159. The lowest BCUT2D eigenvalue weighted by atomic mass is 9.98. The SMILES string of the molecule is CCCC(NC(=O)C1CCCN1C(=O)C(NC(=O)C(NC(=O)C(CCC(=O)O)NC(=O)C(CCC(=O)O)NC(C)=O)C(C)C)C(C)C)C(=O)C(=O)NCC(=O)NC(CCC(N)=O)C(=O)NC(CC(=O)O)C(=O)NC(Cc1ccc(O)cc1)C(=O)NC(C(N)=O)C(C)O. The number of aliphatic hydroxyl groups excluding tert-OH is 1. The molecule has 11 atom stereocenters. The number of amides is 13. The molecule has 1 aliphatic rings. The summed E-state index contributed by atoms with van der Waals surface area (Å²) in [7, 11) is 0. The predicted molar refractivity (Wildman–Crippen MR) is 317 cm³/mol. The van der Waals surface area contributed by atoms with Crippen molar-refractivity contribution < 1.29 is 107 Å². The molecule has 1 aromatic rings. The zero-order valence-corrected chi connectivity index (χ0v) is 52.0. The summed E-state index contributed by atoms with van der Waals surface area (Å²) in [6.07, 6.45) is -5.91. The van der Waals surface area contributed by atoms with Gasteiger partial charge in [0.1, 0.15) is 60.1 Å². The first kappa shape index (κ1) is 78.3. The van der Waals surface area contributed by atoms with Crippen LogP contribution in [-0.2, 0) is 87.9 Å². The zero-order valence-electron chi connectivity index (χ0n) is 52.0. The van der Waals surface area contributed by atoms with Crippen molar-refractivity contribution in [1.82, 2.24) is 58.1 Å². The van der Waals surface area contributed by atoms with E-state index in [0.29, 0.717) is 5.56 Å². The molecule has 1 aromatic carbocycles. The number of Topliss-reactive ketones (excluding diaryl/α,β-unsaturated/α-hetero) is 1. The van der Waals surface area contributed by atoms with Gasteiger partial charge >= 0.3 is 17.9 Å². The van der Waals surface area contributed by atoms with Gasteiger partial charge in [-0.2, -0.15) is 0 Å². The number of carbonyl (C=O) groups excluding carboxylic acids is 14. The third-order valence-electron chi connectivity index (χ3n) is 14.2. The number of carbonyl (C=O) groups is 17. The van der Waals surface area contributed by atoms with Crippen molar-refractivity contribution in [2.24, 2.45) is 23.3 Å². The van der Waals surface area contributed by atoms with Crippen LogP contribution in [-0.4, -0.2) is 211 Å². The highest BCUT2D eigenvalue weighted by Crippen LogP contribution is 2.22. The second-order valence-corrected chi connectivity index (χ2v) is 22.6. The number of carboxylic acids is 3. The van der Waals surface area contributed by atoms with Crippen LogP contribution in [0.4, 0.5) is 0 Å². The standard InChI is InChI=1S/C57H85N13O22/c1-8-10-32(63-54(89)38-11-9-22-70(38)57(92)45(27(4)5)68-55(90)44(26(2)3)67-51(86)35(18-21-42(78)79)64-49(84)33(61-29(7)72)17-20-41(76)77)47(82)56(91)60-25-40(75)62-34(16-19-39(58)74)50(85)66-37(24-43(80)81)52(87)65-36(23-30-12-14-31(73)15-13-30)53(88)69-46(28(6)71)48(59)83/h12-15,26-28,32-38,44-46,71,73H,8-11,16-25H2,1-7H3,(H2,58,74)(H2,59,83)(H,60,91)(H,61,72)(H,62,75)(H,63,89)(H,64,84)(H,65,87)(H,66,85)(H,67,86)(H,68,90)(H,69,88)(H,76,77)(H,78,79)(H,80,81). The van der Waals surface area contributed by atoms with Crippen LogP contribution in [0.25, 0.3) is 0 Å². The number of carboxylic acid groups (broad SMARTS) is 3. The van der Waals surface area contributed by atoms with Crippen LogP contribution in [0.1, 0.15) is 125 Å². The molecule has 0 radical (unpaired) electrons. The van der Waals surface area contributed by atoms with Crippen LogP contribution in [0.15, 0.2) is 24.3 Å². The van der Waals surface area contributed by atoms with Crippen LogP contribution in [0, 0.1) is 11.8 Å². The molecule has 1 saturated heterocycles. The number of nitrogens with zero attached hydrogens (tertiary/aromatic N) is 1. The van der Waals surface area contributed by atoms with E-state index in [1.54, 1.807) is 20.8 Å². The smallest absolute Gasteiger partial charge is 0.305 e. The lowest BCUT2D eigenvalue weighted by molar-refractivity contribution is -0.144. The maximum Gasteiger partial charge on any atom is 0.305 e. The fourth-order valence-electron chi connectivity index (χ4n) is 9.34. The minimum Gasteiger partial charge on any atom is -0.508 e. The molecule has 19 N–H and O–H groups in total. The summed E-state index contributed by atoms with van der Waals surface area (Å²) in [4.78, 5) is 222. The molecule has 13 amide bonds. The van der Waals surface area contributed by atoms with Gasteiger partial charge in [0.15, 0.2) is 0 Å².